The van der Waals surface area contributed by atoms with Crippen molar-refractivity contribution in [1.29, 1.82) is 0 Å². The summed E-state index contributed by atoms with van der Waals surface area (Å²) in [6.07, 6.45) is 0. The Balaban J connectivity index is 0.927. The smallest absolute Gasteiger partial charge is 0.0817 e. The van der Waals surface area contributed by atoms with E-state index in [1.54, 1.807) is 0 Å². The number of hydrogen-bond donors (Lipinski definition) is 0. The van der Waals surface area contributed by atoms with Crippen molar-refractivity contribution < 1.29 is 0 Å². The van der Waals surface area contributed by atoms with Crippen LogP contribution in [0.15, 0.2) is 226 Å². The second kappa shape index (κ2) is 13.3. The molecular formula is C64H34N4. The van der Waals surface area contributed by atoms with Crippen molar-refractivity contribution in [2.75, 3.05) is 0 Å². The summed E-state index contributed by atoms with van der Waals surface area (Å²) in [7, 11) is 0. The molecule has 0 atom stereocenters. The molecule has 0 aliphatic carbocycles. The molecule has 4 aliphatic rings. The van der Waals surface area contributed by atoms with Crippen molar-refractivity contribution in [3.05, 3.63) is 249 Å². The van der Waals surface area contributed by atoms with Crippen molar-refractivity contribution in [2.24, 2.45) is 20.0 Å². The summed E-state index contributed by atoms with van der Waals surface area (Å²) in [6.45, 7) is 0. The molecule has 4 heteroatoms. The van der Waals surface area contributed by atoms with E-state index in [1.807, 2.05) is 0 Å². The molecule has 12 aromatic carbocycles. The van der Waals surface area contributed by atoms with Crippen LogP contribution in [0.3, 0.4) is 0 Å². The maximum Gasteiger partial charge on any atom is 0.0817 e. The summed E-state index contributed by atoms with van der Waals surface area (Å²) < 4.78 is 0. The molecular weight excluding hydrogens is 825 g/mol. The van der Waals surface area contributed by atoms with Gasteiger partial charge in [0.05, 0.1) is 44.2 Å². The summed E-state index contributed by atoms with van der Waals surface area (Å²) in [5.41, 5.74) is 17.9. The fraction of sp³-hybridized carbons (Fsp3) is 0. The van der Waals surface area contributed by atoms with E-state index in [1.165, 1.54) is 87.3 Å². The van der Waals surface area contributed by atoms with E-state index in [9.17, 15) is 0 Å². The minimum atomic E-state index is 0.968. The number of para-hydroxylation sites is 2. The molecule has 0 spiro atoms. The first-order valence-corrected chi connectivity index (χ1v) is 23.3. The van der Waals surface area contributed by atoms with E-state index >= 15 is 0 Å². The molecule has 0 unspecified atom stereocenters. The molecule has 0 radical (unpaired) electrons. The molecule has 0 bridgehead atoms. The molecule has 310 valence electrons. The highest BCUT2D eigenvalue weighted by Crippen LogP contribution is 2.53. The number of rotatable bonds is 4. The predicted octanol–water partition coefficient (Wildman–Crippen LogP) is 14.2. The van der Waals surface area contributed by atoms with Crippen LogP contribution in [-0.2, 0) is 0 Å². The fourth-order valence-electron chi connectivity index (χ4n) is 11.9. The van der Waals surface area contributed by atoms with E-state index in [-0.39, 0.29) is 0 Å². The lowest BCUT2D eigenvalue weighted by Crippen LogP contribution is -2.01. The van der Waals surface area contributed by atoms with Crippen molar-refractivity contribution in [3.63, 3.8) is 0 Å². The average molecular weight is 859 g/mol. The van der Waals surface area contributed by atoms with E-state index < -0.39 is 0 Å². The fourth-order valence-corrected chi connectivity index (χ4v) is 11.9. The number of fused-ring (bicyclic) bond motifs is 12. The van der Waals surface area contributed by atoms with Crippen LogP contribution in [0.4, 0.5) is 22.7 Å². The van der Waals surface area contributed by atoms with Crippen LogP contribution in [0.5, 0.6) is 0 Å². The van der Waals surface area contributed by atoms with Crippen LogP contribution >= 0.6 is 0 Å². The monoisotopic (exact) mass is 858 g/mol. The van der Waals surface area contributed by atoms with E-state index in [4.69, 9.17) is 20.0 Å². The topological polar surface area (TPSA) is 49.4 Å². The molecule has 4 nitrogen and oxygen atoms in total. The quantitative estimate of drug-likeness (QED) is 0.158. The molecule has 0 saturated heterocycles. The molecule has 0 saturated carbocycles. The maximum atomic E-state index is 5.27. The van der Waals surface area contributed by atoms with Gasteiger partial charge in [-0.3, -0.25) is 0 Å². The van der Waals surface area contributed by atoms with Gasteiger partial charge >= 0.3 is 0 Å². The Morgan fingerprint density at radius 1 is 0.235 bits per heavy atom. The summed E-state index contributed by atoms with van der Waals surface area (Å²) in [4.78, 5) is 21.1. The minimum absolute atomic E-state index is 0.968. The van der Waals surface area contributed by atoms with Crippen molar-refractivity contribution in [2.45, 2.75) is 0 Å². The van der Waals surface area contributed by atoms with Crippen LogP contribution in [0, 0.1) is 20.9 Å². The van der Waals surface area contributed by atoms with Crippen LogP contribution < -0.4 is 21.4 Å². The molecule has 0 aromatic heterocycles. The first-order chi connectivity index (χ1) is 33.7. The first kappa shape index (κ1) is 36.1. The Morgan fingerprint density at radius 3 is 1.06 bits per heavy atom. The zero-order valence-corrected chi connectivity index (χ0v) is 36.4. The van der Waals surface area contributed by atoms with Gasteiger partial charge in [0.1, 0.15) is 0 Å². The Morgan fingerprint density at radius 2 is 0.632 bits per heavy atom. The van der Waals surface area contributed by atoms with Gasteiger partial charge in [-0.2, -0.15) is 0 Å². The van der Waals surface area contributed by atoms with Crippen molar-refractivity contribution in [3.8, 4) is 66.8 Å². The van der Waals surface area contributed by atoms with Crippen LogP contribution in [0.1, 0.15) is 0 Å². The van der Waals surface area contributed by atoms with Gasteiger partial charge in [0, 0.05) is 43.1 Å². The van der Waals surface area contributed by atoms with Gasteiger partial charge < -0.3 is 0 Å². The first-order valence-electron chi connectivity index (χ1n) is 23.3. The van der Waals surface area contributed by atoms with E-state index in [2.05, 4.69) is 206 Å². The number of hydrogen-bond acceptors (Lipinski definition) is 4. The van der Waals surface area contributed by atoms with Gasteiger partial charge in [0.25, 0.3) is 0 Å². The maximum absolute atomic E-state index is 5.27. The second-order valence-corrected chi connectivity index (χ2v) is 18.4. The summed E-state index contributed by atoms with van der Waals surface area (Å²) in [5.74, 6) is 0. The number of benzene rings is 12. The highest BCUT2D eigenvalue weighted by Gasteiger charge is 2.29. The zero-order chi connectivity index (χ0) is 44.2. The third kappa shape index (κ3) is 4.87. The number of nitrogens with zero attached hydrogens (tertiary/aromatic N) is 4. The Hall–Kier alpha value is -9.12. The largest absolute Gasteiger partial charge is 0.248 e. The lowest BCUT2D eigenvalue weighted by molar-refractivity contribution is 1.36. The normalized spacial score (nSPS) is 12.9. The van der Waals surface area contributed by atoms with E-state index in [0.717, 1.165) is 76.9 Å². The van der Waals surface area contributed by atoms with Gasteiger partial charge in [0.2, 0.25) is 0 Å². The molecule has 4 heterocycles. The molecule has 0 N–H and O–H groups in total. The molecule has 68 heavy (non-hydrogen) atoms. The Bertz CT molecular complexity index is 4400. The summed E-state index contributed by atoms with van der Waals surface area (Å²) in [5, 5.41) is 16.0. The van der Waals surface area contributed by atoms with Gasteiger partial charge in [-0.15, -0.1) is 0 Å². The van der Waals surface area contributed by atoms with Gasteiger partial charge in [-0.05, 0) is 150 Å². The Kier molecular flexibility index (Phi) is 7.04. The standard InChI is InChI=1S/C64H34N4/c1-3-11-35(12-4-1)43-23-27-51-59(61-53(65-51)29-25-47-45-15-7-9-17-49(45)67-63(47)61)57(43)41-31-37-19-21-39-33-42(34-40-22-20-38(32-41)55(37)56(39)40)58-44(36-13-5-2-6-14-36)24-28-52-60(58)62-54(66-52)30-26-48-46-16-8-10-18-50(46)68-64(48)62/h1-34H. The SMILES string of the molecule is c1ccc(-c2ccc3c(c2-c2cc4ccc5cc(-c6c(-c7ccccc7)ccc7c6-c6c8c(ccc6=N7)=c6ccccc6=N8)cc6ccc(c2)c4c56)-c2c4c(ccc2=N3)=c2ccccc2=N4)cc1. The zero-order valence-electron chi connectivity index (χ0n) is 36.4. The molecule has 16 rings (SSSR count). The summed E-state index contributed by atoms with van der Waals surface area (Å²) in [6, 6.07) is 75.0. The average Bonchev–Trinajstić information content (AvgIpc) is 4.17. The lowest BCUT2D eigenvalue weighted by atomic mass is 9.83. The minimum Gasteiger partial charge on any atom is -0.248 e. The van der Waals surface area contributed by atoms with E-state index in [0.29, 0.717) is 0 Å². The third-order valence-corrected chi connectivity index (χ3v) is 14.8. The van der Waals surface area contributed by atoms with Gasteiger partial charge in [-0.1, -0.05) is 133 Å². The van der Waals surface area contributed by atoms with Crippen molar-refractivity contribution >= 4 is 55.1 Å². The molecule has 0 amide bonds. The second-order valence-electron chi connectivity index (χ2n) is 18.4. The van der Waals surface area contributed by atoms with Crippen LogP contribution in [0.25, 0.3) is 99.1 Å². The molecule has 12 aromatic rings. The van der Waals surface area contributed by atoms with Gasteiger partial charge in [0.15, 0.2) is 0 Å². The lowest BCUT2D eigenvalue weighted by Gasteiger charge is -2.20. The molecule has 4 aliphatic heterocycles. The highest BCUT2D eigenvalue weighted by molar-refractivity contribution is 6.25. The Labute approximate surface area is 388 Å². The van der Waals surface area contributed by atoms with Crippen molar-refractivity contribution in [1.82, 2.24) is 0 Å². The van der Waals surface area contributed by atoms with Crippen LogP contribution in [-0.4, -0.2) is 0 Å². The molecule has 0 fully saturated rings. The van der Waals surface area contributed by atoms with Crippen LogP contribution in [0.2, 0.25) is 0 Å². The summed E-state index contributed by atoms with van der Waals surface area (Å²) >= 11 is 0. The third-order valence-electron chi connectivity index (χ3n) is 14.8. The predicted molar refractivity (Wildman–Crippen MR) is 274 cm³/mol. The van der Waals surface area contributed by atoms with Gasteiger partial charge in [-0.25, -0.2) is 20.0 Å². The highest BCUT2D eigenvalue weighted by atomic mass is 14.8.